The summed E-state index contributed by atoms with van der Waals surface area (Å²) in [7, 11) is 0. The highest BCUT2D eigenvalue weighted by atomic mass is 79.9. The summed E-state index contributed by atoms with van der Waals surface area (Å²) < 4.78 is 14.6. The highest BCUT2D eigenvalue weighted by molar-refractivity contribution is 9.10. The predicted octanol–water partition coefficient (Wildman–Crippen LogP) is 4.02. The predicted molar refractivity (Wildman–Crippen MR) is 77.9 cm³/mol. The van der Waals surface area contributed by atoms with Gasteiger partial charge in [-0.3, -0.25) is 4.79 Å². The maximum atomic E-state index is 13.7. The normalized spacial score (nSPS) is 9.90. The number of hydrogen-bond acceptors (Lipinski definition) is 2. The zero-order chi connectivity index (χ0) is 14.7. The summed E-state index contributed by atoms with van der Waals surface area (Å²) in [6.07, 6.45) is 0. The third kappa shape index (κ3) is 3.03. The Hall–Kier alpha value is -2.19. The second kappa shape index (κ2) is 5.85. The van der Waals surface area contributed by atoms with E-state index in [0.717, 1.165) is 16.1 Å². The molecule has 0 saturated heterocycles. The highest BCUT2D eigenvalue weighted by Crippen LogP contribution is 2.19. The van der Waals surface area contributed by atoms with Crippen molar-refractivity contribution in [3.8, 4) is 6.07 Å². The van der Waals surface area contributed by atoms with Crippen LogP contribution in [0.2, 0.25) is 0 Å². The van der Waals surface area contributed by atoms with Gasteiger partial charge in [0, 0.05) is 10.0 Å². The molecule has 2 rings (SSSR count). The number of amides is 1. The van der Waals surface area contributed by atoms with E-state index in [1.165, 1.54) is 12.1 Å². The first-order valence-electron chi connectivity index (χ1n) is 5.78. The second-order valence-corrected chi connectivity index (χ2v) is 5.14. The minimum Gasteiger partial charge on any atom is -0.319 e. The van der Waals surface area contributed by atoms with Gasteiger partial charge in [0.1, 0.15) is 5.82 Å². The fourth-order valence-corrected chi connectivity index (χ4v) is 2.23. The molecule has 0 aliphatic carbocycles. The summed E-state index contributed by atoms with van der Waals surface area (Å²) in [6, 6.07) is 11.0. The van der Waals surface area contributed by atoms with Crippen LogP contribution >= 0.6 is 15.9 Å². The molecule has 0 heterocycles. The van der Waals surface area contributed by atoms with Crippen molar-refractivity contribution in [1.29, 1.82) is 5.26 Å². The van der Waals surface area contributed by atoms with Gasteiger partial charge in [-0.25, -0.2) is 4.39 Å². The largest absolute Gasteiger partial charge is 0.319 e. The number of hydrogen-bond donors (Lipinski definition) is 1. The Labute approximate surface area is 124 Å². The molecule has 1 N–H and O–H groups in total. The molecule has 0 radical (unpaired) electrons. The van der Waals surface area contributed by atoms with Crippen LogP contribution in [0.4, 0.5) is 10.1 Å². The first-order chi connectivity index (χ1) is 9.51. The second-order valence-electron chi connectivity index (χ2n) is 4.22. The fraction of sp³-hybridized carbons (Fsp3) is 0.0667. The summed E-state index contributed by atoms with van der Waals surface area (Å²) in [6.45, 7) is 1.80. The number of anilines is 1. The Balaban J connectivity index is 2.26. The van der Waals surface area contributed by atoms with Gasteiger partial charge < -0.3 is 5.32 Å². The van der Waals surface area contributed by atoms with Crippen LogP contribution in [0.25, 0.3) is 0 Å². The Morgan fingerprint density at radius 2 is 2.05 bits per heavy atom. The van der Waals surface area contributed by atoms with E-state index in [2.05, 4.69) is 21.2 Å². The van der Waals surface area contributed by atoms with Gasteiger partial charge in [0.15, 0.2) is 0 Å². The van der Waals surface area contributed by atoms with Crippen LogP contribution in [0.15, 0.2) is 40.9 Å². The van der Waals surface area contributed by atoms with Crippen molar-refractivity contribution in [1.82, 2.24) is 0 Å². The van der Waals surface area contributed by atoms with Gasteiger partial charge in [0.2, 0.25) is 0 Å². The summed E-state index contributed by atoms with van der Waals surface area (Å²) in [5.41, 5.74) is 1.51. The molecule has 0 aromatic heterocycles. The molecule has 2 aromatic carbocycles. The number of carbonyl (C=O) groups is 1. The highest BCUT2D eigenvalue weighted by Gasteiger charge is 2.12. The molecular formula is C15H10BrFN2O. The average molecular weight is 333 g/mol. The third-order valence-electron chi connectivity index (χ3n) is 2.78. The van der Waals surface area contributed by atoms with Crippen LogP contribution in [0.3, 0.4) is 0 Å². The van der Waals surface area contributed by atoms with Crippen LogP contribution in [-0.2, 0) is 0 Å². The Morgan fingerprint density at radius 1 is 1.30 bits per heavy atom. The molecule has 0 spiro atoms. The first-order valence-corrected chi connectivity index (χ1v) is 6.57. The van der Waals surface area contributed by atoms with Crippen LogP contribution in [-0.4, -0.2) is 5.91 Å². The number of benzene rings is 2. The third-order valence-corrected chi connectivity index (χ3v) is 3.27. The van der Waals surface area contributed by atoms with Crippen molar-refractivity contribution in [2.24, 2.45) is 0 Å². The smallest absolute Gasteiger partial charge is 0.256 e. The molecule has 1 amide bonds. The van der Waals surface area contributed by atoms with Crippen molar-refractivity contribution in [2.45, 2.75) is 6.92 Å². The lowest BCUT2D eigenvalue weighted by atomic mass is 10.1. The number of halogens is 2. The topological polar surface area (TPSA) is 52.9 Å². The quantitative estimate of drug-likeness (QED) is 0.902. The minimum atomic E-state index is -0.632. The number of nitrogens with one attached hydrogen (secondary N) is 1. The molecule has 2 aromatic rings. The maximum absolute atomic E-state index is 13.7. The van der Waals surface area contributed by atoms with Gasteiger partial charge in [-0.15, -0.1) is 0 Å². The molecule has 0 aliphatic rings. The molecule has 5 heteroatoms. The van der Waals surface area contributed by atoms with Crippen LogP contribution < -0.4 is 5.32 Å². The monoisotopic (exact) mass is 332 g/mol. The van der Waals surface area contributed by atoms with Gasteiger partial charge in [-0.1, -0.05) is 15.9 Å². The molecule has 100 valence electrons. The van der Waals surface area contributed by atoms with Crippen LogP contribution in [0.1, 0.15) is 21.5 Å². The number of carbonyl (C=O) groups excluding carboxylic acids is 1. The summed E-state index contributed by atoms with van der Waals surface area (Å²) in [5.74, 6) is -1.02. The lowest BCUT2D eigenvalue weighted by molar-refractivity contribution is 0.102. The van der Waals surface area contributed by atoms with E-state index in [1.807, 2.05) is 12.1 Å². The Kier molecular flexibility index (Phi) is 4.16. The maximum Gasteiger partial charge on any atom is 0.256 e. The van der Waals surface area contributed by atoms with Gasteiger partial charge in [-0.2, -0.15) is 5.26 Å². The SMILES string of the molecule is Cc1cc(Br)ccc1C(=O)Nc1ccc(C#N)cc1F. The van der Waals surface area contributed by atoms with Gasteiger partial charge in [0.05, 0.1) is 17.3 Å². The number of aryl methyl sites for hydroxylation is 1. The summed E-state index contributed by atoms with van der Waals surface area (Å²) in [5, 5.41) is 11.2. The van der Waals surface area contributed by atoms with E-state index in [9.17, 15) is 9.18 Å². The Morgan fingerprint density at radius 3 is 2.65 bits per heavy atom. The Bertz CT molecular complexity index is 722. The molecule has 0 fully saturated rings. The lowest BCUT2D eigenvalue weighted by Gasteiger charge is -2.09. The van der Waals surface area contributed by atoms with Crippen molar-refractivity contribution in [2.75, 3.05) is 5.32 Å². The van der Waals surface area contributed by atoms with Crippen LogP contribution in [0.5, 0.6) is 0 Å². The van der Waals surface area contributed by atoms with Gasteiger partial charge in [0.25, 0.3) is 5.91 Å². The van der Waals surface area contributed by atoms with Crippen molar-refractivity contribution in [3.63, 3.8) is 0 Å². The van der Waals surface area contributed by atoms with E-state index < -0.39 is 11.7 Å². The molecule has 3 nitrogen and oxygen atoms in total. The molecule has 0 atom stereocenters. The van der Waals surface area contributed by atoms with Crippen molar-refractivity contribution >= 4 is 27.5 Å². The molecule has 20 heavy (non-hydrogen) atoms. The van der Waals surface area contributed by atoms with Crippen molar-refractivity contribution < 1.29 is 9.18 Å². The minimum absolute atomic E-state index is 0.0521. The van der Waals surface area contributed by atoms with E-state index in [0.29, 0.717) is 5.56 Å². The summed E-state index contributed by atoms with van der Waals surface area (Å²) in [4.78, 5) is 12.1. The number of rotatable bonds is 2. The first kappa shape index (κ1) is 14.2. The van der Waals surface area contributed by atoms with Gasteiger partial charge in [-0.05, 0) is 48.9 Å². The average Bonchev–Trinajstić information content (AvgIpc) is 2.40. The van der Waals surface area contributed by atoms with E-state index in [1.54, 1.807) is 19.1 Å². The van der Waals surface area contributed by atoms with Gasteiger partial charge >= 0.3 is 0 Å². The number of nitrogens with zero attached hydrogens (tertiary/aromatic N) is 1. The molecular weight excluding hydrogens is 323 g/mol. The van der Waals surface area contributed by atoms with E-state index >= 15 is 0 Å². The molecule has 0 aliphatic heterocycles. The molecule has 0 saturated carbocycles. The van der Waals surface area contributed by atoms with E-state index in [-0.39, 0.29) is 11.3 Å². The van der Waals surface area contributed by atoms with Crippen molar-refractivity contribution in [3.05, 3.63) is 63.4 Å². The zero-order valence-corrected chi connectivity index (χ0v) is 12.2. The standard InChI is InChI=1S/C15H10BrFN2O/c1-9-6-11(16)3-4-12(9)15(20)19-14-5-2-10(8-18)7-13(14)17/h2-7H,1H3,(H,19,20). The zero-order valence-electron chi connectivity index (χ0n) is 10.6. The van der Waals surface area contributed by atoms with E-state index in [4.69, 9.17) is 5.26 Å². The van der Waals surface area contributed by atoms with Crippen LogP contribution in [0, 0.1) is 24.1 Å². The summed E-state index contributed by atoms with van der Waals surface area (Å²) >= 11 is 3.32. The lowest BCUT2D eigenvalue weighted by Crippen LogP contribution is -2.14. The fourth-order valence-electron chi connectivity index (χ4n) is 1.76. The molecule has 0 unspecified atom stereocenters. The molecule has 0 bridgehead atoms. The number of nitriles is 1.